The SMILES string of the molecule is NC(=O)c1cccc(OC(F)F)n1. The Hall–Kier alpha value is -1.72. The van der Waals surface area contributed by atoms with Gasteiger partial charge in [-0.25, -0.2) is 4.98 Å². The first kappa shape index (κ1) is 9.37. The van der Waals surface area contributed by atoms with Gasteiger partial charge in [-0.3, -0.25) is 4.79 Å². The van der Waals surface area contributed by atoms with Gasteiger partial charge in [-0.2, -0.15) is 8.78 Å². The number of rotatable bonds is 3. The number of aromatic nitrogens is 1. The van der Waals surface area contributed by atoms with Crippen LogP contribution in [0.4, 0.5) is 8.78 Å². The van der Waals surface area contributed by atoms with E-state index < -0.39 is 12.5 Å². The first-order chi connectivity index (χ1) is 6.09. The fourth-order valence-electron chi connectivity index (χ4n) is 0.709. The van der Waals surface area contributed by atoms with Gasteiger partial charge >= 0.3 is 6.61 Å². The summed E-state index contributed by atoms with van der Waals surface area (Å²) in [7, 11) is 0. The van der Waals surface area contributed by atoms with E-state index in [0.29, 0.717) is 0 Å². The van der Waals surface area contributed by atoms with Gasteiger partial charge in [0.25, 0.3) is 5.91 Å². The highest BCUT2D eigenvalue weighted by molar-refractivity contribution is 5.90. The van der Waals surface area contributed by atoms with Crippen molar-refractivity contribution in [2.24, 2.45) is 5.73 Å². The van der Waals surface area contributed by atoms with Gasteiger partial charge in [0.2, 0.25) is 5.88 Å². The molecule has 0 unspecified atom stereocenters. The van der Waals surface area contributed by atoms with E-state index in [9.17, 15) is 13.6 Å². The van der Waals surface area contributed by atoms with Crippen LogP contribution in [-0.2, 0) is 0 Å². The van der Waals surface area contributed by atoms with Crippen LogP contribution in [0.5, 0.6) is 5.88 Å². The smallest absolute Gasteiger partial charge is 0.388 e. The third kappa shape index (κ3) is 2.66. The first-order valence-corrected chi connectivity index (χ1v) is 3.31. The van der Waals surface area contributed by atoms with Crippen molar-refractivity contribution in [3.8, 4) is 5.88 Å². The summed E-state index contributed by atoms with van der Waals surface area (Å²) in [6.45, 7) is -2.96. The number of halogens is 2. The molecule has 0 aromatic carbocycles. The largest absolute Gasteiger partial charge is 0.417 e. The van der Waals surface area contributed by atoms with Gasteiger partial charge in [-0.1, -0.05) is 6.07 Å². The number of pyridine rings is 1. The molecule has 0 spiro atoms. The van der Waals surface area contributed by atoms with Crippen LogP contribution < -0.4 is 10.5 Å². The molecule has 1 heterocycles. The van der Waals surface area contributed by atoms with Crippen LogP contribution in [0, 0.1) is 0 Å². The molecule has 6 heteroatoms. The quantitative estimate of drug-likeness (QED) is 0.762. The van der Waals surface area contributed by atoms with Gasteiger partial charge in [0.05, 0.1) is 0 Å². The minimum absolute atomic E-state index is 0.113. The number of hydrogen-bond donors (Lipinski definition) is 1. The molecular weight excluding hydrogens is 182 g/mol. The molecule has 1 rings (SSSR count). The second-order valence-electron chi connectivity index (χ2n) is 2.10. The van der Waals surface area contributed by atoms with E-state index in [0.717, 1.165) is 0 Å². The predicted octanol–water partition coefficient (Wildman–Crippen LogP) is 0.782. The molecular formula is C7H6F2N2O2. The molecule has 0 atom stereocenters. The van der Waals surface area contributed by atoms with Gasteiger partial charge in [-0.15, -0.1) is 0 Å². The summed E-state index contributed by atoms with van der Waals surface area (Å²) in [6.07, 6.45) is 0. The van der Waals surface area contributed by atoms with Crippen molar-refractivity contribution >= 4 is 5.91 Å². The maximum Gasteiger partial charge on any atom is 0.388 e. The maximum atomic E-state index is 11.7. The van der Waals surface area contributed by atoms with Crippen LogP contribution in [0.3, 0.4) is 0 Å². The fraction of sp³-hybridized carbons (Fsp3) is 0.143. The Labute approximate surface area is 72.3 Å². The van der Waals surface area contributed by atoms with Crippen molar-refractivity contribution < 1.29 is 18.3 Å². The Bertz CT molecular complexity index is 317. The van der Waals surface area contributed by atoms with Crippen molar-refractivity contribution in [3.63, 3.8) is 0 Å². The lowest BCUT2D eigenvalue weighted by atomic mass is 10.3. The van der Waals surface area contributed by atoms with Gasteiger partial charge in [0, 0.05) is 6.07 Å². The fourth-order valence-corrected chi connectivity index (χ4v) is 0.709. The maximum absolute atomic E-state index is 11.7. The summed E-state index contributed by atoms with van der Waals surface area (Å²) < 4.78 is 27.3. The highest BCUT2D eigenvalue weighted by Gasteiger charge is 2.07. The van der Waals surface area contributed by atoms with E-state index in [1.807, 2.05) is 0 Å². The van der Waals surface area contributed by atoms with E-state index in [-0.39, 0.29) is 11.6 Å². The summed E-state index contributed by atoms with van der Waals surface area (Å²) in [6, 6.07) is 3.87. The lowest BCUT2D eigenvalue weighted by molar-refractivity contribution is -0.0529. The number of primary amides is 1. The Kier molecular flexibility index (Phi) is 2.73. The molecule has 0 fully saturated rings. The molecule has 1 aromatic rings. The molecule has 4 nitrogen and oxygen atoms in total. The topological polar surface area (TPSA) is 65.2 Å². The number of carbonyl (C=O) groups is 1. The third-order valence-corrected chi connectivity index (χ3v) is 1.19. The average molecular weight is 188 g/mol. The molecule has 1 amide bonds. The van der Waals surface area contributed by atoms with Crippen molar-refractivity contribution in [3.05, 3.63) is 23.9 Å². The number of amides is 1. The Morgan fingerprint density at radius 3 is 2.77 bits per heavy atom. The normalized spacial score (nSPS) is 10.1. The average Bonchev–Trinajstić information content (AvgIpc) is 2.03. The molecule has 0 saturated heterocycles. The Morgan fingerprint density at radius 1 is 1.54 bits per heavy atom. The van der Waals surface area contributed by atoms with Gasteiger partial charge < -0.3 is 10.5 Å². The second kappa shape index (κ2) is 3.79. The van der Waals surface area contributed by atoms with Crippen LogP contribution in [0.25, 0.3) is 0 Å². The molecule has 0 bridgehead atoms. The van der Waals surface area contributed by atoms with Crippen LogP contribution in [0.2, 0.25) is 0 Å². The number of nitrogens with zero attached hydrogens (tertiary/aromatic N) is 1. The molecule has 1 aromatic heterocycles. The Balaban J connectivity index is 2.85. The third-order valence-electron chi connectivity index (χ3n) is 1.19. The van der Waals surface area contributed by atoms with Gasteiger partial charge in [0.1, 0.15) is 5.69 Å². The molecule has 2 N–H and O–H groups in total. The van der Waals surface area contributed by atoms with Crippen LogP contribution in [-0.4, -0.2) is 17.5 Å². The number of carbonyl (C=O) groups excluding carboxylic acids is 1. The molecule has 0 saturated carbocycles. The van der Waals surface area contributed by atoms with Crippen LogP contribution in [0.15, 0.2) is 18.2 Å². The van der Waals surface area contributed by atoms with Crippen LogP contribution >= 0.6 is 0 Å². The van der Waals surface area contributed by atoms with Crippen molar-refractivity contribution in [1.82, 2.24) is 4.98 Å². The molecule has 0 aliphatic rings. The summed E-state index contributed by atoms with van der Waals surface area (Å²) in [5.74, 6) is -1.12. The van der Waals surface area contributed by atoms with E-state index in [2.05, 4.69) is 9.72 Å². The number of nitrogens with two attached hydrogens (primary N) is 1. The zero-order chi connectivity index (χ0) is 9.84. The molecule has 0 aliphatic carbocycles. The van der Waals surface area contributed by atoms with Crippen molar-refractivity contribution in [2.75, 3.05) is 0 Å². The zero-order valence-corrected chi connectivity index (χ0v) is 6.41. The molecule has 0 radical (unpaired) electrons. The monoisotopic (exact) mass is 188 g/mol. The lowest BCUT2D eigenvalue weighted by Gasteiger charge is -2.02. The van der Waals surface area contributed by atoms with E-state index >= 15 is 0 Å². The second-order valence-corrected chi connectivity index (χ2v) is 2.10. The zero-order valence-electron chi connectivity index (χ0n) is 6.41. The highest BCUT2D eigenvalue weighted by Crippen LogP contribution is 2.10. The summed E-state index contributed by atoms with van der Waals surface area (Å²) in [4.78, 5) is 14.0. The van der Waals surface area contributed by atoms with E-state index in [1.54, 1.807) is 0 Å². The number of hydrogen-bond acceptors (Lipinski definition) is 3. The molecule has 13 heavy (non-hydrogen) atoms. The van der Waals surface area contributed by atoms with Gasteiger partial charge in [0.15, 0.2) is 0 Å². The number of ether oxygens (including phenoxy) is 1. The minimum Gasteiger partial charge on any atom is -0.417 e. The lowest BCUT2D eigenvalue weighted by Crippen LogP contribution is -2.14. The Morgan fingerprint density at radius 2 is 2.23 bits per heavy atom. The first-order valence-electron chi connectivity index (χ1n) is 3.31. The standard InChI is InChI=1S/C7H6F2N2O2/c8-7(9)13-5-3-1-2-4(11-5)6(10)12/h1-3,7H,(H2,10,12). The molecule has 0 aliphatic heterocycles. The van der Waals surface area contributed by atoms with Crippen molar-refractivity contribution in [2.45, 2.75) is 6.61 Å². The summed E-state index contributed by atoms with van der Waals surface area (Å²) in [5, 5.41) is 0. The highest BCUT2D eigenvalue weighted by atomic mass is 19.3. The van der Waals surface area contributed by atoms with E-state index in [4.69, 9.17) is 5.73 Å². The predicted molar refractivity (Wildman–Crippen MR) is 39.4 cm³/mol. The summed E-state index contributed by atoms with van der Waals surface area (Å²) >= 11 is 0. The number of alkyl halides is 2. The van der Waals surface area contributed by atoms with Crippen LogP contribution in [0.1, 0.15) is 10.5 Å². The molecule has 70 valence electrons. The minimum atomic E-state index is -2.96. The van der Waals surface area contributed by atoms with E-state index in [1.165, 1.54) is 18.2 Å². The summed E-state index contributed by atoms with van der Waals surface area (Å²) in [5.41, 5.74) is 4.76. The van der Waals surface area contributed by atoms with Gasteiger partial charge in [-0.05, 0) is 6.07 Å². The van der Waals surface area contributed by atoms with Crippen molar-refractivity contribution in [1.29, 1.82) is 0 Å².